The molecule has 1 aliphatic rings. The lowest BCUT2D eigenvalue weighted by Crippen LogP contribution is -2.46. The van der Waals surface area contributed by atoms with Gasteiger partial charge in [-0.05, 0) is 19.3 Å². The lowest BCUT2D eigenvalue weighted by molar-refractivity contribution is 0.0486. The molecule has 3 unspecified atom stereocenters. The molecule has 3 atom stereocenters. The number of ether oxygens (including phenoxy) is 2. The highest BCUT2D eigenvalue weighted by Gasteiger charge is 2.33. The normalized spacial score (nSPS) is 28.2. The van der Waals surface area contributed by atoms with E-state index in [1.165, 1.54) is 0 Å². The predicted molar refractivity (Wildman–Crippen MR) is 60.4 cm³/mol. The van der Waals surface area contributed by atoms with Crippen molar-refractivity contribution in [2.75, 3.05) is 19.8 Å². The molecule has 0 spiro atoms. The van der Waals surface area contributed by atoms with Gasteiger partial charge in [0.15, 0.2) is 0 Å². The summed E-state index contributed by atoms with van der Waals surface area (Å²) in [5, 5.41) is 0. The minimum Gasteiger partial charge on any atom is -0.380 e. The summed E-state index contributed by atoms with van der Waals surface area (Å²) in [6.07, 6.45) is 3.53. The van der Waals surface area contributed by atoms with E-state index in [2.05, 4.69) is 19.3 Å². The molecule has 1 aliphatic heterocycles. The van der Waals surface area contributed by atoms with Crippen LogP contribution in [0.2, 0.25) is 0 Å². The van der Waals surface area contributed by atoms with E-state index < -0.39 is 0 Å². The Morgan fingerprint density at radius 3 is 2.93 bits per heavy atom. The van der Waals surface area contributed by atoms with Gasteiger partial charge < -0.3 is 9.47 Å². The van der Waals surface area contributed by atoms with E-state index in [0.717, 1.165) is 32.5 Å². The molecule has 3 N–H and O–H groups in total. The van der Waals surface area contributed by atoms with Gasteiger partial charge in [0, 0.05) is 25.2 Å². The molecule has 0 aromatic carbocycles. The van der Waals surface area contributed by atoms with Crippen molar-refractivity contribution in [3.05, 3.63) is 0 Å². The van der Waals surface area contributed by atoms with Crippen LogP contribution in [0, 0.1) is 5.92 Å². The molecule has 4 heteroatoms. The number of hydrazine groups is 1. The van der Waals surface area contributed by atoms with Gasteiger partial charge in [0.1, 0.15) is 0 Å². The second kappa shape index (κ2) is 7.17. The van der Waals surface area contributed by atoms with E-state index in [4.69, 9.17) is 15.3 Å². The van der Waals surface area contributed by atoms with Crippen LogP contribution < -0.4 is 11.3 Å². The van der Waals surface area contributed by atoms with Crippen molar-refractivity contribution in [3.8, 4) is 0 Å². The van der Waals surface area contributed by atoms with Crippen LogP contribution in [-0.2, 0) is 9.47 Å². The van der Waals surface area contributed by atoms with Crippen molar-refractivity contribution in [2.45, 2.75) is 45.3 Å². The monoisotopic (exact) mass is 216 g/mol. The van der Waals surface area contributed by atoms with Crippen LogP contribution >= 0.6 is 0 Å². The van der Waals surface area contributed by atoms with Crippen molar-refractivity contribution in [1.82, 2.24) is 5.43 Å². The lowest BCUT2D eigenvalue weighted by atomic mass is 9.92. The Balaban J connectivity index is 2.35. The summed E-state index contributed by atoms with van der Waals surface area (Å²) in [4.78, 5) is 0. The Labute approximate surface area is 92.5 Å². The molecule has 0 bridgehead atoms. The zero-order chi connectivity index (χ0) is 11.1. The molecule has 1 saturated heterocycles. The summed E-state index contributed by atoms with van der Waals surface area (Å²) in [7, 11) is 0. The van der Waals surface area contributed by atoms with E-state index in [9.17, 15) is 0 Å². The fraction of sp³-hybridized carbons (Fsp3) is 1.00. The standard InChI is InChI=1S/C11H24N2O2/c1-3-6-14-8-10(13-12)9-5-7-15-11(9)4-2/h9-11,13H,3-8,12H2,1-2H3. The van der Waals surface area contributed by atoms with Crippen LogP contribution in [0.25, 0.3) is 0 Å². The molecular weight excluding hydrogens is 192 g/mol. The Bertz CT molecular complexity index is 167. The first-order valence-electron chi connectivity index (χ1n) is 5.98. The molecule has 90 valence electrons. The van der Waals surface area contributed by atoms with E-state index in [1.807, 2.05) is 0 Å². The van der Waals surface area contributed by atoms with Crippen LogP contribution in [0.4, 0.5) is 0 Å². The number of hydrogen-bond acceptors (Lipinski definition) is 4. The first-order valence-corrected chi connectivity index (χ1v) is 5.98. The molecule has 0 saturated carbocycles. The van der Waals surface area contributed by atoms with Crippen molar-refractivity contribution in [1.29, 1.82) is 0 Å². The van der Waals surface area contributed by atoms with Crippen LogP contribution in [-0.4, -0.2) is 32.0 Å². The average Bonchev–Trinajstić information content (AvgIpc) is 2.72. The Morgan fingerprint density at radius 2 is 2.33 bits per heavy atom. The van der Waals surface area contributed by atoms with E-state index >= 15 is 0 Å². The van der Waals surface area contributed by atoms with Crippen molar-refractivity contribution >= 4 is 0 Å². The summed E-state index contributed by atoms with van der Waals surface area (Å²) in [5.41, 5.74) is 2.86. The third kappa shape index (κ3) is 3.72. The fourth-order valence-electron chi connectivity index (χ4n) is 2.20. The summed E-state index contributed by atoms with van der Waals surface area (Å²) < 4.78 is 11.2. The molecule has 0 aromatic rings. The maximum atomic E-state index is 5.65. The summed E-state index contributed by atoms with van der Waals surface area (Å²) in [6, 6.07) is 0.226. The first kappa shape index (κ1) is 12.9. The van der Waals surface area contributed by atoms with Crippen LogP contribution in [0.15, 0.2) is 0 Å². The smallest absolute Gasteiger partial charge is 0.0636 e. The fourth-order valence-corrected chi connectivity index (χ4v) is 2.20. The van der Waals surface area contributed by atoms with Gasteiger partial charge in [-0.3, -0.25) is 11.3 Å². The third-order valence-corrected chi connectivity index (χ3v) is 3.04. The van der Waals surface area contributed by atoms with Crippen molar-refractivity contribution in [2.24, 2.45) is 11.8 Å². The van der Waals surface area contributed by atoms with Crippen LogP contribution in [0.1, 0.15) is 33.1 Å². The second-order valence-corrected chi connectivity index (χ2v) is 4.12. The first-order chi connectivity index (χ1) is 7.33. The summed E-state index contributed by atoms with van der Waals surface area (Å²) in [5.74, 6) is 6.06. The Kier molecular flexibility index (Phi) is 6.17. The molecule has 0 aromatic heterocycles. The quantitative estimate of drug-likeness (QED) is 0.379. The second-order valence-electron chi connectivity index (χ2n) is 4.12. The average molecular weight is 216 g/mol. The summed E-state index contributed by atoms with van der Waals surface area (Å²) >= 11 is 0. The molecule has 1 heterocycles. The topological polar surface area (TPSA) is 56.5 Å². The highest BCUT2D eigenvalue weighted by atomic mass is 16.5. The van der Waals surface area contributed by atoms with Gasteiger partial charge in [-0.15, -0.1) is 0 Å². The lowest BCUT2D eigenvalue weighted by Gasteiger charge is -2.26. The van der Waals surface area contributed by atoms with Crippen LogP contribution in [0.3, 0.4) is 0 Å². The Morgan fingerprint density at radius 1 is 1.53 bits per heavy atom. The molecule has 1 rings (SSSR count). The van der Waals surface area contributed by atoms with Gasteiger partial charge in [0.05, 0.1) is 12.7 Å². The zero-order valence-electron chi connectivity index (χ0n) is 9.87. The van der Waals surface area contributed by atoms with E-state index in [-0.39, 0.29) is 6.04 Å². The molecule has 0 amide bonds. The molecule has 4 nitrogen and oxygen atoms in total. The molecular formula is C11H24N2O2. The van der Waals surface area contributed by atoms with E-state index in [0.29, 0.717) is 18.6 Å². The third-order valence-electron chi connectivity index (χ3n) is 3.04. The molecule has 0 aliphatic carbocycles. The largest absolute Gasteiger partial charge is 0.380 e. The van der Waals surface area contributed by atoms with Crippen molar-refractivity contribution in [3.63, 3.8) is 0 Å². The number of hydrogen-bond donors (Lipinski definition) is 2. The highest BCUT2D eigenvalue weighted by Crippen LogP contribution is 2.26. The molecule has 15 heavy (non-hydrogen) atoms. The highest BCUT2D eigenvalue weighted by molar-refractivity contribution is 4.84. The minimum atomic E-state index is 0.226. The SMILES string of the molecule is CCCOCC(NN)C1CCOC1CC. The van der Waals surface area contributed by atoms with Gasteiger partial charge in [0.25, 0.3) is 0 Å². The van der Waals surface area contributed by atoms with Gasteiger partial charge in [0.2, 0.25) is 0 Å². The Hall–Kier alpha value is -0.160. The predicted octanol–water partition coefficient (Wildman–Crippen LogP) is 1.06. The minimum absolute atomic E-state index is 0.226. The maximum Gasteiger partial charge on any atom is 0.0636 e. The molecule has 0 radical (unpaired) electrons. The molecule has 1 fully saturated rings. The van der Waals surface area contributed by atoms with Crippen molar-refractivity contribution < 1.29 is 9.47 Å². The van der Waals surface area contributed by atoms with Crippen LogP contribution in [0.5, 0.6) is 0 Å². The maximum absolute atomic E-state index is 5.65. The number of nitrogens with two attached hydrogens (primary N) is 1. The number of rotatable bonds is 7. The van der Waals surface area contributed by atoms with Gasteiger partial charge in [-0.2, -0.15) is 0 Å². The van der Waals surface area contributed by atoms with E-state index in [1.54, 1.807) is 0 Å². The van der Waals surface area contributed by atoms with Gasteiger partial charge in [-0.25, -0.2) is 0 Å². The van der Waals surface area contributed by atoms with Gasteiger partial charge >= 0.3 is 0 Å². The van der Waals surface area contributed by atoms with Gasteiger partial charge in [-0.1, -0.05) is 13.8 Å². The zero-order valence-corrected chi connectivity index (χ0v) is 9.87. The summed E-state index contributed by atoms with van der Waals surface area (Å²) in [6.45, 7) is 6.62. The number of nitrogens with one attached hydrogen (secondary N) is 1.